The molecule has 0 bridgehead atoms. The lowest BCUT2D eigenvalue weighted by atomic mass is 10.0. The number of hydrogen-bond acceptors (Lipinski definition) is 8. The maximum Gasteiger partial charge on any atom is 0.230 e. The summed E-state index contributed by atoms with van der Waals surface area (Å²) in [6, 6.07) is 16.2. The molecule has 1 saturated heterocycles. The van der Waals surface area contributed by atoms with Gasteiger partial charge >= 0.3 is 0 Å². The third kappa shape index (κ3) is 4.17. The van der Waals surface area contributed by atoms with Crippen LogP contribution in [0, 0.1) is 0 Å². The van der Waals surface area contributed by atoms with E-state index < -0.39 is 0 Å². The molecule has 9 heteroatoms. The summed E-state index contributed by atoms with van der Waals surface area (Å²) in [5.74, 6) is 2.56. The van der Waals surface area contributed by atoms with Crippen LogP contribution in [-0.4, -0.2) is 65.0 Å². The molecule has 0 amide bonds. The highest BCUT2D eigenvalue weighted by atomic mass is 32.1. The number of methoxy groups -OCH3 is 2. The number of benzene rings is 2. The van der Waals surface area contributed by atoms with E-state index >= 15 is 0 Å². The van der Waals surface area contributed by atoms with Gasteiger partial charge in [-0.2, -0.15) is 4.52 Å². The van der Waals surface area contributed by atoms with Crippen LogP contribution in [0.3, 0.4) is 0 Å². The zero-order valence-corrected chi connectivity index (χ0v) is 20.5. The number of ether oxygens (including phenoxy) is 2. The molecule has 0 saturated carbocycles. The maximum atomic E-state index is 11.2. The van der Waals surface area contributed by atoms with Crippen molar-refractivity contribution in [3.05, 3.63) is 64.8 Å². The van der Waals surface area contributed by atoms with Crippen molar-refractivity contribution in [3.8, 4) is 17.4 Å². The zero-order valence-electron chi connectivity index (χ0n) is 19.6. The van der Waals surface area contributed by atoms with Gasteiger partial charge in [0.1, 0.15) is 11.5 Å². The standard InChI is InChI=1S/C25H29N5O3S/c1-4-21-26-25-30(27-21)24(31)23(34-25)22(17-6-5-7-20(16-17)33-3)29-14-12-28(13-15-29)18-8-10-19(32-2)11-9-18/h5-11,16,22,31H,4,12-15H2,1-3H3/t22-/m0/s1. The Morgan fingerprint density at radius 3 is 2.38 bits per heavy atom. The predicted molar refractivity (Wildman–Crippen MR) is 134 cm³/mol. The number of thiazole rings is 1. The smallest absolute Gasteiger partial charge is 0.230 e. The highest BCUT2D eigenvalue weighted by Crippen LogP contribution is 2.41. The fourth-order valence-corrected chi connectivity index (χ4v) is 5.63. The molecule has 1 atom stereocenters. The molecule has 2 aromatic carbocycles. The molecular formula is C25H29N5O3S. The monoisotopic (exact) mass is 479 g/mol. The van der Waals surface area contributed by atoms with E-state index in [0.717, 1.165) is 60.4 Å². The Morgan fingerprint density at radius 1 is 1.00 bits per heavy atom. The first-order valence-corrected chi connectivity index (χ1v) is 12.3. The van der Waals surface area contributed by atoms with Gasteiger partial charge in [-0.1, -0.05) is 30.4 Å². The minimum absolute atomic E-state index is 0.119. The van der Waals surface area contributed by atoms with Gasteiger partial charge in [-0.05, 0) is 42.0 Å². The van der Waals surface area contributed by atoms with Crippen LogP contribution in [0.2, 0.25) is 0 Å². The van der Waals surface area contributed by atoms with Crippen molar-refractivity contribution < 1.29 is 14.6 Å². The van der Waals surface area contributed by atoms with E-state index in [0.29, 0.717) is 4.96 Å². The number of aryl methyl sites for hydroxylation is 1. The molecule has 0 unspecified atom stereocenters. The van der Waals surface area contributed by atoms with E-state index in [1.807, 2.05) is 37.3 Å². The predicted octanol–water partition coefficient (Wildman–Crippen LogP) is 3.99. The Balaban J connectivity index is 1.45. The molecule has 1 aliphatic rings. The average molecular weight is 480 g/mol. The lowest BCUT2D eigenvalue weighted by Gasteiger charge is -2.40. The number of hydrogen-bond donors (Lipinski definition) is 1. The van der Waals surface area contributed by atoms with Crippen LogP contribution in [0.5, 0.6) is 17.4 Å². The minimum atomic E-state index is -0.119. The third-order valence-corrected chi connectivity index (χ3v) is 7.41. The number of rotatable bonds is 7. The number of anilines is 1. The molecule has 1 fully saturated rings. The first kappa shape index (κ1) is 22.5. The Kier molecular flexibility index (Phi) is 6.30. The summed E-state index contributed by atoms with van der Waals surface area (Å²) < 4.78 is 12.4. The summed E-state index contributed by atoms with van der Waals surface area (Å²) in [6.07, 6.45) is 0.732. The molecule has 0 aliphatic carbocycles. The van der Waals surface area contributed by atoms with E-state index in [1.54, 1.807) is 18.7 Å². The van der Waals surface area contributed by atoms with Crippen LogP contribution in [0.25, 0.3) is 4.96 Å². The van der Waals surface area contributed by atoms with Gasteiger partial charge in [-0.15, -0.1) is 5.10 Å². The van der Waals surface area contributed by atoms with Crippen molar-refractivity contribution in [2.75, 3.05) is 45.3 Å². The molecule has 5 rings (SSSR count). The fourth-order valence-electron chi connectivity index (χ4n) is 4.49. The number of nitrogens with zero attached hydrogens (tertiary/aromatic N) is 5. The molecule has 0 spiro atoms. The second-order valence-corrected chi connectivity index (χ2v) is 9.28. The van der Waals surface area contributed by atoms with E-state index in [-0.39, 0.29) is 11.9 Å². The molecule has 8 nitrogen and oxygen atoms in total. The number of piperazine rings is 1. The summed E-state index contributed by atoms with van der Waals surface area (Å²) in [7, 11) is 3.36. The van der Waals surface area contributed by atoms with Gasteiger partial charge in [0.2, 0.25) is 10.8 Å². The van der Waals surface area contributed by atoms with Crippen LogP contribution < -0.4 is 14.4 Å². The van der Waals surface area contributed by atoms with Crippen molar-refractivity contribution in [1.82, 2.24) is 19.5 Å². The molecule has 1 aliphatic heterocycles. The van der Waals surface area contributed by atoms with Crippen LogP contribution >= 0.6 is 11.3 Å². The van der Waals surface area contributed by atoms with Crippen LogP contribution in [-0.2, 0) is 6.42 Å². The number of aromatic nitrogens is 3. The van der Waals surface area contributed by atoms with Crippen molar-refractivity contribution in [3.63, 3.8) is 0 Å². The Morgan fingerprint density at radius 2 is 1.74 bits per heavy atom. The quantitative estimate of drug-likeness (QED) is 0.430. The van der Waals surface area contributed by atoms with Gasteiger partial charge in [-0.25, -0.2) is 4.98 Å². The topological polar surface area (TPSA) is 75.4 Å². The summed E-state index contributed by atoms with van der Waals surface area (Å²) in [6.45, 7) is 5.48. The Hall–Kier alpha value is -3.30. The Labute approximate surface area is 203 Å². The average Bonchev–Trinajstić information content (AvgIpc) is 3.43. The van der Waals surface area contributed by atoms with Crippen molar-refractivity contribution >= 4 is 22.0 Å². The molecule has 34 heavy (non-hydrogen) atoms. The van der Waals surface area contributed by atoms with Gasteiger partial charge < -0.3 is 19.5 Å². The Bertz CT molecular complexity index is 1260. The molecule has 178 valence electrons. The molecule has 4 aromatic rings. The molecule has 0 radical (unpaired) electrons. The van der Waals surface area contributed by atoms with Crippen LogP contribution in [0.4, 0.5) is 5.69 Å². The minimum Gasteiger partial charge on any atom is -0.497 e. The molecule has 2 aromatic heterocycles. The lowest BCUT2D eigenvalue weighted by Crippen LogP contribution is -2.47. The zero-order chi connectivity index (χ0) is 23.7. The summed E-state index contributed by atoms with van der Waals surface area (Å²) in [5.41, 5.74) is 2.26. The fraction of sp³-hybridized carbons (Fsp3) is 0.360. The second kappa shape index (κ2) is 9.52. The van der Waals surface area contributed by atoms with E-state index in [4.69, 9.17) is 9.47 Å². The van der Waals surface area contributed by atoms with Gasteiger partial charge in [0.25, 0.3) is 0 Å². The van der Waals surface area contributed by atoms with Gasteiger partial charge in [0.05, 0.1) is 25.1 Å². The van der Waals surface area contributed by atoms with E-state index in [1.165, 1.54) is 17.0 Å². The van der Waals surface area contributed by atoms with Crippen LogP contribution in [0.1, 0.15) is 29.2 Å². The molecular weight excluding hydrogens is 450 g/mol. The van der Waals surface area contributed by atoms with E-state index in [2.05, 4.69) is 38.1 Å². The molecule has 3 heterocycles. The van der Waals surface area contributed by atoms with Crippen molar-refractivity contribution in [2.45, 2.75) is 19.4 Å². The number of fused-ring (bicyclic) bond motifs is 1. The highest BCUT2D eigenvalue weighted by Gasteiger charge is 2.32. The maximum absolute atomic E-state index is 11.2. The SMILES string of the molecule is CCc1nc2sc([C@H](c3cccc(OC)c3)N3CCN(c4ccc(OC)cc4)CC3)c(O)n2n1. The van der Waals surface area contributed by atoms with Gasteiger partial charge in [-0.3, -0.25) is 4.90 Å². The second-order valence-electron chi connectivity index (χ2n) is 8.27. The van der Waals surface area contributed by atoms with Crippen molar-refractivity contribution in [1.29, 1.82) is 0 Å². The van der Waals surface area contributed by atoms with Crippen molar-refractivity contribution in [2.24, 2.45) is 0 Å². The molecule has 1 N–H and O–H groups in total. The number of aromatic hydroxyl groups is 1. The summed E-state index contributed by atoms with van der Waals surface area (Å²) in [5, 5.41) is 15.6. The third-order valence-electron chi connectivity index (χ3n) is 6.33. The first-order chi connectivity index (χ1) is 16.6. The van der Waals surface area contributed by atoms with Crippen LogP contribution in [0.15, 0.2) is 48.5 Å². The van der Waals surface area contributed by atoms with Gasteiger partial charge in [0, 0.05) is 38.3 Å². The lowest BCUT2D eigenvalue weighted by molar-refractivity contribution is 0.211. The summed E-state index contributed by atoms with van der Waals surface area (Å²) in [4.78, 5) is 11.0. The van der Waals surface area contributed by atoms with E-state index in [9.17, 15) is 5.11 Å². The van der Waals surface area contributed by atoms with Gasteiger partial charge in [0.15, 0.2) is 5.82 Å². The summed E-state index contributed by atoms with van der Waals surface area (Å²) >= 11 is 1.50. The largest absolute Gasteiger partial charge is 0.497 e. The normalized spacial score (nSPS) is 15.6. The first-order valence-electron chi connectivity index (χ1n) is 11.5. The highest BCUT2D eigenvalue weighted by molar-refractivity contribution is 7.17.